The van der Waals surface area contributed by atoms with Crippen LogP contribution in [0.3, 0.4) is 0 Å². The highest BCUT2D eigenvalue weighted by Crippen LogP contribution is 2.43. The summed E-state index contributed by atoms with van der Waals surface area (Å²) in [7, 11) is 0. The number of primary amides is 1. The van der Waals surface area contributed by atoms with Gasteiger partial charge in [-0.1, -0.05) is 12.1 Å². The summed E-state index contributed by atoms with van der Waals surface area (Å²) in [5, 5.41) is 19.0. The van der Waals surface area contributed by atoms with Crippen LogP contribution in [0.15, 0.2) is 53.7 Å². The fourth-order valence-corrected chi connectivity index (χ4v) is 3.97. The van der Waals surface area contributed by atoms with Gasteiger partial charge in [0.2, 0.25) is 11.8 Å². The van der Waals surface area contributed by atoms with E-state index in [0.29, 0.717) is 16.7 Å². The molecule has 2 aromatic rings. The smallest absolute Gasteiger partial charge is 0.369 e. The van der Waals surface area contributed by atoms with E-state index in [9.17, 15) is 28.0 Å². The molecular formula is C23H17F3N4O2. The van der Waals surface area contributed by atoms with Crippen LogP contribution in [0.2, 0.25) is 0 Å². The summed E-state index contributed by atoms with van der Waals surface area (Å²) in [6.45, 7) is 3.10. The summed E-state index contributed by atoms with van der Waals surface area (Å²) in [6.07, 6.45) is -4.64. The van der Waals surface area contributed by atoms with Gasteiger partial charge in [0.05, 0.1) is 28.8 Å². The van der Waals surface area contributed by atoms with E-state index >= 15 is 0 Å². The number of nitrogens with zero attached hydrogens (tertiary/aromatic N) is 3. The van der Waals surface area contributed by atoms with Crippen molar-refractivity contribution in [2.45, 2.75) is 25.9 Å². The van der Waals surface area contributed by atoms with Crippen LogP contribution < -0.4 is 10.6 Å². The highest BCUT2D eigenvalue weighted by atomic mass is 19.4. The molecule has 1 aliphatic heterocycles. The molecule has 0 aromatic heterocycles. The van der Waals surface area contributed by atoms with E-state index in [1.54, 1.807) is 19.1 Å². The van der Waals surface area contributed by atoms with Crippen molar-refractivity contribution in [2.75, 3.05) is 4.90 Å². The molecule has 0 saturated heterocycles. The van der Waals surface area contributed by atoms with Crippen molar-refractivity contribution in [3.8, 4) is 12.1 Å². The lowest BCUT2D eigenvalue weighted by Gasteiger charge is -2.37. The van der Waals surface area contributed by atoms with Crippen LogP contribution in [0.25, 0.3) is 0 Å². The number of carbonyl (C=O) groups is 2. The minimum Gasteiger partial charge on any atom is -0.369 e. The largest absolute Gasteiger partial charge is 0.416 e. The molecule has 1 aliphatic rings. The number of allylic oxidation sites excluding steroid dienone is 2. The van der Waals surface area contributed by atoms with E-state index in [4.69, 9.17) is 11.0 Å². The summed E-state index contributed by atoms with van der Waals surface area (Å²) in [5.41, 5.74) is 5.95. The van der Waals surface area contributed by atoms with Crippen LogP contribution in [0.1, 0.15) is 35.1 Å². The number of aryl methyl sites for hydroxylation is 1. The monoisotopic (exact) mass is 438 g/mol. The molecule has 0 fully saturated rings. The quantitative estimate of drug-likeness (QED) is 0.732. The topological polar surface area (TPSA) is 111 Å². The maximum atomic E-state index is 13.4. The molecule has 32 heavy (non-hydrogen) atoms. The second kappa shape index (κ2) is 8.20. The Hall–Kier alpha value is -4.11. The number of amides is 2. The van der Waals surface area contributed by atoms with Gasteiger partial charge in [0.15, 0.2) is 0 Å². The molecule has 2 atom stereocenters. The summed E-state index contributed by atoms with van der Waals surface area (Å²) < 4.78 is 39.6. The molecule has 0 radical (unpaired) electrons. The van der Waals surface area contributed by atoms with Crippen molar-refractivity contribution in [3.63, 3.8) is 0 Å². The number of nitrogens with two attached hydrogens (primary N) is 1. The van der Waals surface area contributed by atoms with Crippen LogP contribution in [-0.4, -0.2) is 11.8 Å². The highest BCUT2D eigenvalue weighted by Gasteiger charge is 2.46. The zero-order chi connectivity index (χ0) is 23.8. The zero-order valence-corrected chi connectivity index (χ0v) is 17.1. The second-order valence-electron chi connectivity index (χ2n) is 7.37. The van der Waals surface area contributed by atoms with Crippen molar-refractivity contribution < 1.29 is 22.8 Å². The molecule has 6 nitrogen and oxygen atoms in total. The Bertz CT molecular complexity index is 1240. The third kappa shape index (κ3) is 3.81. The van der Waals surface area contributed by atoms with Crippen molar-refractivity contribution in [1.29, 1.82) is 10.5 Å². The van der Waals surface area contributed by atoms with Gasteiger partial charge in [0.1, 0.15) is 5.92 Å². The average Bonchev–Trinajstić information content (AvgIpc) is 2.72. The van der Waals surface area contributed by atoms with E-state index < -0.39 is 35.4 Å². The minimum atomic E-state index is -4.64. The summed E-state index contributed by atoms with van der Waals surface area (Å²) in [4.78, 5) is 26.7. The summed E-state index contributed by atoms with van der Waals surface area (Å²) >= 11 is 0. The van der Waals surface area contributed by atoms with Crippen LogP contribution >= 0.6 is 0 Å². The fourth-order valence-electron chi connectivity index (χ4n) is 3.97. The maximum absolute atomic E-state index is 13.4. The van der Waals surface area contributed by atoms with Crippen molar-refractivity contribution in [1.82, 2.24) is 0 Å². The number of alkyl halides is 3. The van der Waals surface area contributed by atoms with Gasteiger partial charge in [-0.2, -0.15) is 23.7 Å². The molecule has 0 saturated carbocycles. The number of rotatable bonds is 3. The van der Waals surface area contributed by atoms with Crippen LogP contribution in [0.5, 0.6) is 0 Å². The van der Waals surface area contributed by atoms with Gasteiger partial charge in [0, 0.05) is 17.3 Å². The number of hydrogen-bond acceptors (Lipinski definition) is 4. The van der Waals surface area contributed by atoms with E-state index in [2.05, 4.69) is 0 Å². The van der Waals surface area contributed by atoms with Gasteiger partial charge < -0.3 is 5.73 Å². The van der Waals surface area contributed by atoms with Crippen LogP contribution in [0, 0.1) is 35.5 Å². The number of benzene rings is 2. The molecule has 0 spiro atoms. The number of hydrogen-bond donors (Lipinski definition) is 1. The molecule has 0 bridgehead atoms. The molecule has 0 aliphatic carbocycles. The van der Waals surface area contributed by atoms with Crippen molar-refractivity contribution in [3.05, 3.63) is 76.0 Å². The van der Waals surface area contributed by atoms with Gasteiger partial charge in [-0.3, -0.25) is 14.5 Å². The maximum Gasteiger partial charge on any atom is 0.416 e. The molecule has 162 valence electrons. The molecule has 9 heteroatoms. The lowest BCUT2D eigenvalue weighted by Crippen LogP contribution is -2.48. The summed E-state index contributed by atoms with van der Waals surface area (Å²) in [5.74, 6) is -4.39. The van der Waals surface area contributed by atoms with E-state index in [-0.39, 0.29) is 17.0 Å². The van der Waals surface area contributed by atoms with Gasteiger partial charge in [0.25, 0.3) is 0 Å². The number of nitriles is 2. The highest BCUT2D eigenvalue weighted by molar-refractivity contribution is 6.11. The van der Waals surface area contributed by atoms with E-state index in [1.807, 2.05) is 12.1 Å². The van der Waals surface area contributed by atoms with Crippen LogP contribution in [0.4, 0.5) is 18.9 Å². The predicted molar refractivity (Wildman–Crippen MR) is 109 cm³/mol. The average molecular weight is 438 g/mol. The third-order valence-corrected chi connectivity index (χ3v) is 5.45. The minimum absolute atomic E-state index is 0.0265. The molecule has 2 aromatic carbocycles. The molecule has 3 rings (SSSR count). The molecule has 1 heterocycles. The predicted octanol–water partition coefficient (Wildman–Crippen LogP) is 3.91. The Kier molecular flexibility index (Phi) is 5.78. The SMILES string of the molecule is CC1=C(C#N)C(c2ccc(C#N)cc2C)C(C(N)=O)C(=O)N1c1cccc(C(F)(F)F)c1. The second-order valence-corrected chi connectivity index (χ2v) is 7.37. The first-order valence-corrected chi connectivity index (χ1v) is 9.43. The Morgan fingerprint density at radius 2 is 1.78 bits per heavy atom. The van der Waals surface area contributed by atoms with Gasteiger partial charge in [-0.15, -0.1) is 0 Å². The lowest BCUT2D eigenvalue weighted by molar-refractivity contribution is -0.138. The zero-order valence-electron chi connectivity index (χ0n) is 17.1. The first-order valence-electron chi connectivity index (χ1n) is 9.43. The number of halogens is 3. The van der Waals surface area contributed by atoms with Crippen molar-refractivity contribution in [2.24, 2.45) is 11.7 Å². The number of anilines is 1. The molecular weight excluding hydrogens is 421 g/mol. The Morgan fingerprint density at radius 1 is 1.09 bits per heavy atom. The number of carbonyl (C=O) groups excluding carboxylic acids is 2. The van der Waals surface area contributed by atoms with Crippen LogP contribution in [-0.2, 0) is 15.8 Å². The Morgan fingerprint density at radius 3 is 2.31 bits per heavy atom. The van der Waals surface area contributed by atoms with Gasteiger partial charge in [-0.05, 0) is 55.3 Å². The lowest BCUT2D eigenvalue weighted by atomic mass is 9.74. The van der Waals surface area contributed by atoms with Crippen molar-refractivity contribution >= 4 is 17.5 Å². The normalized spacial score (nSPS) is 18.8. The van der Waals surface area contributed by atoms with Gasteiger partial charge >= 0.3 is 6.18 Å². The Balaban J connectivity index is 2.25. The Labute approximate surface area is 182 Å². The van der Waals surface area contributed by atoms with Gasteiger partial charge in [-0.25, -0.2) is 0 Å². The first-order chi connectivity index (χ1) is 15.0. The third-order valence-electron chi connectivity index (χ3n) is 5.45. The molecule has 2 N–H and O–H groups in total. The van der Waals surface area contributed by atoms with E-state index in [0.717, 1.165) is 23.1 Å². The summed E-state index contributed by atoms with van der Waals surface area (Å²) in [6, 6.07) is 12.6. The molecule has 2 amide bonds. The fraction of sp³-hybridized carbons (Fsp3) is 0.217. The first kappa shape index (κ1) is 22.6. The standard InChI is InChI=1S/C23H17F3N4O2/c1-12-8-14(10-27)6-7-17(12)19-18(11-28)13(2)30(22(32)20(19)21(29)31)16-5-3-4-15(9-16)23(24,25)26/h3-9,19-20H,1-2H3,(H2,29,31). The molecule has 2 unspecified atom stereocenters. The van der Waals surface area contributed by atoms with E-state index in [1.165, 1.54) is 19.1 Å².